The first-order valence-corrected chi connectivity index (χ1v) is 18.3. The number of aromatic hydroxyl groups is 6. The van der Waals surface area contributed by atoms with Gasteiger partial charge in [-0.15, -0.1) is 0 Å². The van der Waals surface area contributed by atoms with Crippen molar-refractivity contribution in [2.24, 2.45) is 0 Å². The number of ether oxygens (including phenoxy) is 7. The molecular weight excluding hydrogens is 836 g/mol. The van der Waals surface area contributed by atoms with Crippen LogP contribution in [0.15, 0.2) is 54.3 Å². The van der Waals surface area contributed by atoms with Gasteiger partial charge in [0.2, 0.25) is 12.6 Å². The molecule has 3 aliphatic heterocycles. The van der Waals surface area contributed by atoms with Gasteiger partial charge in [0, 0.05) is 23.8 Å². The first-order valence-electron chi connectivity index (χ1n) is 18.3. The van der Waals surface area contributed by atoms with Gasteiger partial charge in [0.05, 0.1) is 5.56 Å². The molecule has 13 N–H and O–H groups in total. The number of carbonyl (C=O) groups is 3. The van der Waals surface area contributed by atoms with Gasteiger partial charge in [-0.2, -0.15) is 0 Å². The Morgan fingerprint density at radius 2 is 1.26 bits per heavy atom. The van der Waals surface area contributed by atoms with Gasteiger partial charge in [-0.3, -0.25) is 9.59 Å². The van der Waals surface area contributed by atoms with E-state index in [0.717, 1.165) is 42.5 Å². The van der Waals surface area contributed by atoms with E-state index in [-0.39, 0.29) is 28.4 Å². The van der Waals surface area contributed by atoms with Crippen molar-refractivity contribution in [3.63, 3.8) is 0 Å². The molecule has 0 aliphatic carbocycles. The third-order valence-corrected chi connectivity index (χ3v) is 9.61. The molecule has 1 unspecified atom stereocenters. The number of hydrogen-bond donors (Lipinski definition) is 13. The third kappa shape index (κ3) is 9.96. The lowest BCUT2D eigenvalue weighted by molar-refractivity contribution is -0.294. The van der Waals surface area contributed by atoms with Crippen molar-refractivity contribution in [3.05, 3.63) is 71.0 Å². The molecule has 0 aromatic heterocycles. The molecule has 0 bridgehead atoms. The van der Waals surface area contributed by atoms with Crippen LogP contribution in [0.3, 0.4) is 0 Å². The van der Waals surface area contributed by atoms with Gasteiger partial charge in [-0.1, -0.05) is 6.07 Å². The lowest BCUT2D eigenvalue weighted by Gasteiger charge is -2.41. The number of benzene rings is 3. The number of phenolic OH excluding ortho intramolecular Hbond substituents is 6. The van der Waals surface area contributed by atoms with Crippen molar-refractivity contribution in [1.82, 2.24) is 0 Å². The van der Waals surface area contributed by atoms with E-state index in [1.54, 1.807) is 0 Å². The molecule has 3 aromatic carbocycles. The van der Waals surface area contributed by atoms with Crippen LogP contribution in [-0.2, 0) is 38.1 Å². The maximum atomic E-state index is 12.5. The number of rotatable bonds is 13. The molecule has 11 atom stereocenters. The summed E-state index contributed by atoms with van der Waals surface area (Å²) in [6, 6.07) is 7.69. The molecule has 6 rings (SSSR count). The smallest absolute Gasteiger partial charge is 0.330 e. The Hall–Kier alpha value is -6.57. The Kier molecular flexibility index (Phi) is 13.5. The van der Waals surface area contributed by atoms with E-state index in [4.69, 9.17) is 38.3 Å². The zero-order chi connectivity index (χ0) is 45.2. The molecule has 0 saturated carbocycles. The monoisotopic (exact) mass is 876 g/mol. The van der Waals surface area contributed by atoms with Crippen molar-refractivity contribution >= 4 is 30.1 Å². The third-order valence-electron chi connectivity index (χ3n) is 9.61. The second kappa shape index (κ2) is 18.6. The fourth-order valence-electron chi connectivity index (χ4n) is 6.37. The molecule has 334 valence electrons. The summed E-state index contributed by atoms with van der Waals surface area (Å²) in [6.07, 6.45) is -18.0. The molecule has 0 radical (unpaired) electrons. The standard InChI is InChI=1S/C39H40O23/c40-16-8-22-17(23(9-16)59-38-35(54)33(52)32(51)26(61-38)13-57-29(48)11-27(45)46)10-24(37(58-22)15-6-20(43)30(49)21(44)7-15)60-39-36(55)34(53)31(50)25(62-39)12-56-28(47)4-2-14-1-3-18(41)19(42)5-14/h1-10,25-26,31-44,49-55H,11-13H2,(H,45,46)/b4-2+/t25-,26+,31-,32-,33+,34-,35+,36-,37?,38-,39-/m1/s1. The Labute approximate surface area is 347 Å². The molecule has 3 heterocycles. The predicted molar refractivity (Wildman–Crippen MR) is 199 cm³/mol. The van der Waals surface area contributed by atoms with Gasteiger partial charge in [-0.05, 0) is 42.0 Å². The van der Waals surface area contributed by atoms with Crippen molar-refractivity contribution in [2.45, 2.75) is 73.9 Å². The van der Waals surface area contributed by atoms with Gasteiger partial charge in [0.25, 0.3) is 0 Å². The molecule has 62 heavy (non-hydrogen) atoms. The van der Waals surface area contributed by atoms with Crippen molar-refractivity contribution in [3.8, 4) is 46.0 Å². The summed E-state index contributed by atoms with van der Waals surface area (Å²) in [5.74, 6) is -8.64. The molecule has 23 nitrogen and oxygen atoms in total. The van der Waals surface area contributed by atoms with E-state index >= 15 is 0 Å². The van der Waals surface area contributed by atoms with E-state index in [9.17, 15) is 75.7 Å². The van der Waals surface area contributed by atoms with Gasteiger partial charge >= 0.3 is 17.9 Å². The Morgan fingerprint density at radius 1 is 0.661 bits per heavy atom. The number of aliphatic hydroxyl groups is 6. The van der Waals surface area contributed by atoms with E-state index in [1.165, 1.54) is 18.2 Å². The molecule has 0 amide bonds. The fourth-order valence-corrected chi connectivity index (χ4v) is 6.37. The molecule has 3 aliphatic rings. The molecule has 2 fully saturated rings. The van der Waals surface area contributed by atoms with Gasteiger partial charge in [0.15, 0.2) is 34.9 Å². The number of carbonyl (C=O) groups excluding carboxylic acids is 2. The molecular formula is C39H40O23. The number of carboxylic acid groups (broad SMARTS) is 1. The van der Waals surface area contributed by atoms with Crippen LogP contribution >= 0.6 is 0 Å². The summed E-state index contributed by atoms with van der Waals surface area (Å²) in [4.78, 5) is 35.2. The summed E-state index contributed by atoms with van der Waals surface area (Å²) < 4.78 is 39.1. The number of hydrogen-bond acceptors (Lipinski definition) is 22. The minimum atomic E-state index is -2.03. The van der Waals surface area contributed by atoms with Crippen LogP contribution in [0.4, 0.5) is 0 Å². The van der Waals surface area contributed by atoms with E-state index in [0.29, 0.717) is 5.56 Å². The van der Waals surface area contributed by atoms with Crippen molar-refractivity contribution in [1.29, 1.82) is 0 Å². The Balaban J connectivity index is 1.28. The van der Waals surface area contributed by atoms with Crippen LogP contribution < -0.4 is 9.47 Å². The van der Waals surface area contributed by atoms with Crippen LogP contribution in [0.1, 0.15) is 29.2 Å². The summed E-state index contributed by atoms with van der Waals surface area (Å²) >= 11 is 0. The molecule has 23 heteroatoms. The van der Waals surface area contributed by atoms with Crippen LogP contribution in [0.5, 0.6) is 46.0 Å². The largest absolute Gasteiger partial charge is 0.508 e. The lowest BCUT2D eigenvalue weighted by Crippen LogP contribution is -2.60. The SMILES string of the molecule is O=C(O)CC(=O)OC[C@@H]1O[C@@H](Oc2cc(O)cc3c2C=C(O[C@@H]2O[C@H](COC(=O)/C=C/c4ccc(O)c(O)c4)[C@@H](O)[C@@H](O)[C@H]2O)C(c2cc(O)c(O)c(O)c2)O3)[C@@H](O)[C@@H](O)[C@@H]1O. The first kappa shape index (κ1) is 45.0. The quantitative estimate of drug-likeness (QED) is 0.0410. The number of fused-ring (bicyclic) bond motifs is 1. The zero-order valence-electron chi connectivity index (χ0n) is 31.6. The van der Waals surface area contributed by atoms with Crippen LogP contribution in [0, 0.1) is 0 Å². The van der Waals surface area contributed by atoms with E-state index < -0.39 is 140 Å². The van der Waals surface area contributed by atoms with Crippen molar-refractivity contribution in [2.75, 3.05) is 13.2 Å². The van der Waals surface area contributed by atoms with Crippen molar-refractivity contribution < 1.29 is 114 Å². The molecule has 2 saturated heterocycles. The minimum Gasteiger partial charge on any atom is -0.508 e. The zero-order valence-corrected chi connectivity index (χ0v) is 31.6. The van der Waals surface area contributed by atoms with Crippen LogP contribution in [0.25, 0.3) is 12.2 Å². The maximum Gasteiger partial charge on any atom is 0.330 e. The number of aliphatic carboxylic acids is 1. The number of esters is 2. The summed E-state index contributed by atoms with van der Waals surface area (Å²) in [5, 5.41) is 134. The van der Waals surface area contributed by atoms with Gasteiger partial charge in [-0.25, -0.2) is 4.79 Å². The highest BCUT2D eigenvalue weighted by molar-refractivity contribution is 5.90. The topological polar surface area (TPSA) is 379 Å². The first-order chi connectivity index (χ1) is 29.3. The highest BCUT2D eigenvalue weighted by atomic mass is 16.7. The Bertz CT molecular complexity index is 2200. The van der Waals surface area contributed by atoms with E-state index in [2.05, 4.69) is 0 Å². The van der Waals surface area contributed by atoms with Gasteiger partial charge in [0.1, 0.15) is 91.5 Å². The van der Waals surface area contributed by atoms with Crippen LogP contribution in [-0.4, -0.2) is 159 Å². The summed E-state index contributed by atoms with van der Waals surface area (Å²) in [7, 11) is 0. The normalized spacial score (nSPS) is 28.2. The number of phenols is 6. The highest BCUT2D eigenvalue weighted by Crippen LogP contribution is 2.48. The summed E-state index contributed by atoms with van der Waals surface area (Å²) in [5.41, 5.74) is 0.0397. The highest BCUT2D eigenvalue weighted by Gasteiger charge is 2.48. The molecule has 0 spiro atoms. The second-order valence-electron chi connectivity index (χ2n) is 14.0. The van der Waals surface area contributed by atoms with Gasteiger partial charge < -0.3 is 99.5 Å². The lowest BCUT2D eigenvalue weighted by atomic mass is 9.98. The minimum absolute atomic E-state index is 0.131. The number of carboxylic acids is 1. The van der Waals surface area contributed by atoms with Crippen LogP contribution in [0.2, 0.25) is 0 Å². The van der Waals surface area contributed by atoms with E-state index in [1.807, 2.05) is 0 Å². The molecule has 3 aromatic rings. The average Bonchev–Trinajstić information content (AvgIpc) is 3.22. The predicted octanol–water partition coefficient (Wildman–Crippen LogP) is -1.32. The average molecular weight is 877 g/mol. The summed E-state index contributed by atoms with van der Waals surface area (Å²) in [6.45, 7) is -1.52. The second-order valence-corrected chi connectivity index (χ2v) is 14.0. The Morgan fingerprint density at radius 3 is 1.85 bits per heavy atom. The maximum absolute atomic E-state index is 12.5. The number of aliphatic hydroxyl groups excluding tert-OH is 6. The fraction of sp³-hybridized carbons (Fsp3) is 0.359.